The lowest BCUT2D eigenvalue weighted by molar-refractivity contribution is -0.141. The average molecular weight is 259 g/mol. The predicted molar refractivity (Wildman–Crippen MR) is 57.3 cm³/mol. The van der Waals surface area contributed by atoms with E-state index in [1.807, 2.05) is 6.07 Å². The van der Waals surface area contributed by atoms with Crippen molar-refractivity contribution in [2.24, 2.45) is 7.05 Å². The standard InChI is InChI=1S/C10H12F3N5/c1-18-3-2-7(17-18)5-14-6-8-4-9(16-15-8)10(11,12)13/h2-4,14H,5-6H2,1H3,(H,15,16). The summed E-state index contributed by atoms with van der Waals surface area (Å²) in [6.07, 6.45) is -2.61. The van der Waals surface area contributed by atoms with Crippen molar-refractivity contribution < 1.29 is 13.2 Å². The molecule has 2 rings (SSSR count). The molecule has 0 spiro atoms. The van der Waals surface area contributed by atoms with Crippen LogP contribution in [0, 0.1) is 0 Å². The number of aromatic amines is 1. The molecule has 0 aliphatic rings. The van der Waals surface area contributed by atoms with Crippen LogP contribution < -0.4 is 5.32 Å². The summed E-state index contributed by atoms with van der Waals surface area (Å²) in [4.78, 5) is 0. The molecule has 2 aromatic heterocycles. The van der Waals surface area contributed by atoms with Gasteiger partial charge in [0, 0.05) is 32.0 Å². The molecular formula is C10H12F3N5. The normalized spacial score (nSPS) is 12.0. The van der Waals surface area contributed by atoms with E-state index in [0.717, 1.165) is 11.8 Å². The molecule has 5 nitrogen and oxygen atoms in total. The second-order valence-corrected chi connectivity index (χ2v) is 3.86. The van der Waals surface area contributed by atoms with Gasteiger partial charge >= 0.3 is 6.18 Å². The number of halogens is 3. The van der Waals surface area contributed by atoms with Crippen molar-refractivity contribution in [3.63, 3.8) is 0 Å². The molecule has 0 saturated carbocycles. The van der Waals surface area contributed by atoms with Crippen molar-refractivity contribution in [3.05, 3.63) is 35.4 Å². The van der Waals surface area contributed by atoms with Gasteiger partial charge < -0.3 is 5.32 Å². The first-order chi connectivity index (χ1) is 8.45. The van der Waals surface area contributed by atoms with E-state index in [4.69, 9.17) is 0 Å². The lowest BCUT2D eigenvalue weighted by atomic mass is 10.3. The van der Waals surface area contributed by atoms with E-state index in [1.165, 1.54) is 0 Å². The highest BCUT2D eigenvalue weighted by atomic mass is 19.4. The fraction of sp³-hybridized carbons (Fsp3) is 0.400. The number of hydrogen-bond acceptors (Lipinski definition) is 3. The van der Waals surface area contributed by atoms with Crippen LogP contribution in [-0.4, -0.2) is 20.0 Å². The summed E-state index contributed by atoms with van der Waals surface area (Å²) < 4.78 is 38.5. The van der Waals surface area contributed by atoms with Crippen LogP contribution in [0.5, 0.6) is 0 Å². The zero-order valence-electron chi connectivity index (χ0n) is 9.62. The van der Waals surface area contributed by atoms with Gasteiger partial charge in [0.05, 0.1) is 5.69 Å². The highest BCUT2D eigenvalue weighted by Crippen LogP contribution is 2.27. The average Bonchev–Trinajstić information content (AvgIpc) is 2.87. The summed E-state index contributed by atoms with van der Waals surface area (Å²) in [5.74, 6) is 0. The first kappa shape index (κ1) is 12.6. The maximum absolute atomic E-state index is 12.3. The fourth-order valence-electron chi connectivity index (χ4n) is 1.48. The molecule has 98 valence electrons. The first-order valence-corrected chi connectivity index (χ1v) is 5.26. The molecule has 8 heteroatoms. The van der Waals surface area contributed by atoms with Gasteiger partial charge in [-0.15, -0.1) is 0 Å². The van der Waals surface area contributed by atoms with Crippen LogP contribution in [-0.2, 0) is 26.3 Å². The molecular weight excluding hydrogens is 247 g/mol. The number of nitrogens with zero attached hydrogens (tertiary/aromatic N) is 3. The quantitative estimate of drug-likeness (QED) is 0.873. The molecule has 2 heterocycles. The molecule has 0 atom stereocenters. The molecule has 0 unspecified atom stereocenters. The summed E-state index contributed by atoms with van der Waals surface area (Å²) in [7, 11) is 1.80. The van der Waals surface area contributed by atoms with Crippen molar-refractivity contribution in [2.45, 2.75) is 19.3 Å². The van der Waals surface area contributed by atoms with Crippen LogP contribution >= 0.6 is 0 Å². The topological polar surface area (TPSA) is 58.5 Å². The maximum atomic E-state index is 12.3. The van der Waals surface area contributed by atoms with Crippen LogP contribution in [0.15, 0.2) is 18.3 Å². The van der Waals surface area contributed by atoms with Gasteiger partial charge in [0.1, 0.15) is 0 Å². The SMILES string of the molecule is Cn1ccc(CNCc2cc(C(F)(F)F)n[nH]2)n1. The van der Waals surface area contributed by atoms with Gasteiger partial charge in [-0.1, -0.05) is 0 Å². The predicted octanol–water partition coefficient (Wildman–Crippen LogP) is 1.45. The number of aromatic nitrogens is 4. The van der Waals surface area contributed by atoms with Crippen LogP contribution in [0.3, 0.4) is 0 Å². The van der Waals surface area contributed by atoms with E-state index >= 15 is 0 Å². The summed E-state index contributed by atoms with van der Waals surface area (Å²) >= 11 is 0. The zero-order valence-corrected chi connectivity index (χ0v) is 9.62. The Labute approximate surface area is 101 Å². The Morgan fingerprint density at radius 3 is 2.72 bits per heavy atom. The minimum absolute atomic E-state index is 0.277. The van der Waals surface area contributed by atoms with Crippen molar-refractivity contribution in [2.75, 3.05) is 0 Å². The highest BCUT2D eigenvalue weighted by Gasteiger charge is 2.33. The molecule has 0 aliphatic heterocycles. The summed E-state index contributed by atoms with van der Waals surface area (Å²) in [6, 6.07) is 2.83. The molecule has 2 aromatic rings. The van der Waals surface area contributed by atoms with Crippen LogP contribution in [0.4, 0.5) is 13.2 Å². The van der Waals surface area contributed by atoms with Crippen molar-refractivity contribution in [3.8, 4) is 0 Å². The second kappa shape index (κ2) is 4.81. The third-order valence-corrected chi connectivity index (χ3v) is 2.31. The summed E-state index contributed by atoms with van der Waals surface area (Å²) in [6.45, 7) is 0.765. The highest BCUT2D eigenvalue weighted by molar-refractivity contribution is 5.11. The summed E-state index contributed by atoms with van der Waals surface area (Å²) in [5.41, 5.74) is 0.309. The van der Waals surface area contributed by atoms with Crippen molar-refractivity contribution in [1.82, 2.24) is 25.3 Å². The molecule has 2 N–H and O–H groups in total. The fourth-order valence-corrected chi connectivity index (χ4v) is 1.48. The Kier molecular flexibility index (Phi) is 3.37. The third-order valence-electron chi connectivity index (χ3n) is 2.31. The Morgan fingerprint density at radius 1 is 1.39 bits per heavy atom. The number of H-pyrrole nitrogens is 1. The molecule has 0 saturated heterocycles. The zero-order chi connectivity index (χ0) is 13.2. The van der Waals surface area contributed by atoms with Gasteiger partial charge in [-0.3, -0.25) is 9.78 Å². The van der Waals surface area contributed by atoms with E-state index in [0.29, 0.717) is 12.2 Å². The minimum atomic E-state index is -4.41. The second-order valence-electron chi connectivity index (χ2n) is 3.86. The summed E-state index contributed by atoms with van der Waals surface area (Å²) in [5, 5.41) is 12.7. The molecule has 0 aliphatic carbocycles. The van der Waals surface area contributed by atoms with Gasteiger partial charge in [0.25, 0.3) is 0 Å². The van der Waals surface area contributed by atoms with Gasteiger partial charge in [-0.05, 0) is 12.1 Å². The molecule has 0 fully saturated rings. The molecule has 0 bridgehead atoms. The maximum Gasteiger partial charge on any atom is 0.435 e. The van der Waals surface area contributed by atoms with Crippen LogP contribution in [0.25, 0.3) is 0 Å². The number of alkyl halides is 3. The van der Waals surface area contributed by atoms with E-state index in [1.54, 1.807) is 17.9 Å². The van der Waals surface area contributed by atoms with Crippen LogP contribution in [0.2, 0.25) is 0 Å². The van der Waals surface area contributed by atoms with Crippen LogP contribution in [0.1, 0.15) is 17.1 Å². The van der Waals surface area contributed by atoms with E-state index < -0.39 is 11.9 Å². The van der Waals surface area contributed by atoms with E-state index in [-0.39, 0.29) is 6.54 Å². The molecule has 0 amide bonds. The van der Waals surface area contributed by atoms with E-state index in [9.17, 15) is 13.2 Å². The van der Waals surface area contributed by atoms with Crippen molar-refractivity contribution >= 4 is 0 Å². The number of hydrogen-bond donors (Lipinski definition) is 2. The first-order valence-electron chi connectivity index (χ1n) is 5.26. The van der Waals surface area contributed by atoms with Gasteiger partial charge in [0.15, 0.2) is 5.69 Å². The number of rotatable bonds is 4. The molecule has 0 aromatic carbocycles. The smallest absolute Gasteiger partial charge is 0.305 e. The van der Waals surface area contributed by atoms with Gasteiger partial charge in [0.2, 0.25) is 0 Å². The largest absolute Gasteiger partial charge is 0.435 e. The molecule has 18 heavy (non-hydrogen) atoms. The molecule has 0 radical (unpaired) electrons. The lowest BCUT2D eigenvalue weighted by Crippen LogP contribution is -2.13. The Balaban J connectivity index is 1.85. The Morgan fingerprint density at radius 2 is 2.17 bits per heavy atom. The monoisotopic (exact) mass is 259 g/mol. The lowest BCUT2D eigenvalue weighted by Gasteiger charge is -2.00. The Bertz CT molecular complexity index is 514. The van der Waals surface area contributed by atoms with Gasteiger partial charge in [-0.2, -0.15) is 23.4 Å². The van der Waals surface area contributed by atoms with E-state index in [2.05, 4.69) is 20.6 Å². The number of aryl methyl sites for hydroxylation is 1. The van der Waals surface area contributed by atoms with Gasteiger partial charge in [-0.25, -0.2) is 0 Å². The Hall–Kier alpha value is -1.83. The van der Waals surface area contributed by atoms with Crippen molar-refractivity contribution in [1.29, 1.82) is 0 Å². The minimum Gasteiger partial charge on any atom is -0.305 e. The third kappa shape index (κ3) is 3.10. The number of nitrogens with one attached hydrogen (secondary N) is 2.